The first kappa shape index (κ1) is 10.2. The van der Waals surface area contributed by atoms with Gasteiger partial charge in [-0.25, -0.2) is 0 Å². The summed E-state index contributed by atoms with van der Waals surface area (Å²) in [5, 5.41) is 7.13. The summed E-state index contributed by atoms with van der Waals surface area (Å²) in [4.78, 5) is 4.10. The van der Waals surface area contributed by atoms with Gasteiger partial charge in [0.15, 0.2) is 5.82 Å². The van der Waals surface area contributed by atoms with Crippen molar-refractivity contribution in [2.45, 2.75) is 40.3 Å². The summed E-state index contributed by atoms with van der Waals surface area (Å²) < 4.78 is 4.86. The summed E-state index contributed by atoms with van der Waals surface area (Å²) in [7, 11) is 0. The van der Waals surface area contributed by atoms with Gasteiger partial charge in [-0.3, -0.25) is 0 Å². The highest BCUT2D eigenvalue weighted by molar-refractivity contribution is 4.83. The number of nitrogens with zero attached hydrogens (tertiary/aromatic N) is 2. The Morgan fingerprint density at radius 2 is 2.08 bits per heavy atom. The van der Waals surface area contributed by atoms with E-state index in [1.165, 1.54) is 0 Å². The lowest BCUT2D eigenvalue weighted by molar-refractivity contribution is 0.377. The Balaban J connectivity index is 2.35. The molecular formula is C9H17N3O. The van der Waals surface area contributed by atoms with E-state index in [9.17, 15) is 0 Å². The molecule has 0 fully saturated rings. The molecule has 0 aromatic carbocycles. The second-order valence-electron chi connectivity index (χ2n) is 3.64. The number of aromatic nitrogens is 2. The average Bonchev–Trinajstić information content (AvgIpc) is 2.47. The van der Waals surface area contributed by atoms with Gasteiger partial charge < -0.3 is 9.84 Å². The van der Waals surface area contributed by atoms with Crippen LogP contribution >= 0.6 is 0 Å². The Labute approximate surface area is 78.7 Å². The zero-order chi connectivity index (χ0) is 9.84. The third kappa shape index (κ3) is 3.14. The molecule has 0 aliphatic heterocycles. The van der Waals surface area contributed by atoms with Gasteiger partial charge in [0.2, 0.25) is 5.89 Å². The van der Waals surface area contributed by atoms with Crippen LogP contribution in [0.2, 0.25) is 0 Å². The molecule has 4 heteroatoms. The molecule has 0 saturated heterocycles. The maximum absolute atomic E-state index is 4.86. The molecular weight excluding hydrogens is 166 g/mol. The Bertz CT molecular complexity index is 257. The van der Waals surface area contributed by atoms with Gasteiger partial charge in [-0.05, 0) is 12.8 Å². The van der Waals surface area contributed by atoms with Gasteiger partial charge >= 0.3 is 0 Å². The van der Waals surface area contributed by atoms with Gasteiger partial charge in [0.25, 0.3) is 0 Å². The largest absolute Gasteiger partial charge is 0.340 e. The van der Waals surface area contributed by atoms with E-state index in [1.54, 1.807) is 6.92 Å². The molecule has 1 heterocycles. The predicted octanol–water partition coefficient (Wildman–Crippen LogP) is 1.51. The Morgan fingerprint density at radius 3 is 2.54 bits per heavy atom. The number of aryl methyl sites for hydroxylation is 1. The smallest absolute Gasteiger partial charge is 0.223 e. The van der Waals surface area contributed by atoms with Crippen molar-refractivity contribution in [3.05, 3.63) is 11.7 Å². The molecule has 0 aliphatic rings. The van der Waals surface area contributed by atoms with Gasteiger partial charge in [0.05, 0.1) is 6.54 Å². The van der Waals surface area contributed by atoms with Crippen molar-refractivity contribution in [3.63, 3.8) is 0 Å². The molecule has 1 atom stereocenters. The Kier molecular flexibility index (Phi) is 3.42. The van der Waals surface area contributed by atoms with Crippen molar-refractivity contribution in [2.24, 2.45) is 5.92 Å². The monoisotopic (exact) mass is 183 g/mol. The highest BCUT2D eigenvalue weighted by Crippen LogP contribution is 2.01. The molecule has 1 aromatic rings. The molecule has 1 N–H and O–H groups in total. The number of hydrogen-bond acceptors (Lipinski definition) is 4. The molecule has 13 heavy (non-hydrogen) atoms. The topological polar surface area (TPSA) is 51.0 Å². The number of nitrogens with one attached hydrogen (secondary N) is 1. The molecule has 0 aliphatic carbocycles. The third-order valence-electron chi connectivity index (χ3n) is 2.15. The Hall–Kier alpha value is -0.900. The molecule has 74 valence electrons. The van der Waals surface area contributed by atoms with Crippen molar-refractivity contribution in [1.29, 1.82) is 0 Å². The van der Waals surface area contributed by atoms with E-state index in [1.807, 2.05) is 0 Å². The highest BCUT2D eigenvalue weighted by Gasteiger charge is 2.08. The van der Waals surface area contributed by atoms with Crippen LogP contribution in [0.15, 0.2) is 4.52 Å². The summed E-state index contributed by atoms with van der Waals surface area (Å²) >= 11 is 0. The summed E-state index contributed by atoms with van der Waals surface area (Å²) in [6, 6.07) is 0.471. The minimum atomic E-state index is 0.471. The van der Waals surface area contributed by atoms with Crippen molar-refractivity contribution in [1.82, 2.24) is 15.5 Å². The lowest BCUT2D eigenvalue weighted by Gasteiger charge is -2.15. The highest BCUT2D eigenvalue weighted by atomic mass is 16.5. The van der Waals surface area contributed by atoms with Crippen LogP contribution in [0.3, 0.4) is 0 Å². The predicted molar refractivity (Wildman–Crippen MR) is 50.2 cm³/mol. The SMILES string of the molecule is Cc1nc(CNC(C)C(C)C)no1. The zero-order valence-electron chi connectivity index (χ0n) is 8.66. The number of hydrogen-bond donors (Lipinski definition) is 1. The molecule has 1 rings (SSSR count). The minimum absolute atomic E-state index is 0.471. The van der Waals surface area contributed by atoms with E-state index in [4.69, 9.17) is 4.52 Å². The number of rotatable bonds is 4. The van der Waals surface area contributed by atoms with Crippen LogP contribution in [-0.2, 0) is 6.54 Å². The van der Waals surface area contributed by atoms with Crippen LogP contribution in [0.5, 0.6) is 0 Å². The van der Waals surface area contributed by atoms with Crippen LogP contribution in [0.4, 0.5) is 0 Å². The van der Waals surface area contributed by atoms with Crippen molar-refractivity contribution < 1.29 is 4.52 Å². The van der Waals surface area contributed by atoms with E-state index in [0.29, 0.717) is 24.4 Å². The van der Waals surface area contributed by atoms with Crippen molar-refractivity contribution >= 4 is 0 Å². The minimum Gasteiger partial charge on any atom is -0.340 e. The van der Waals surface area contributed by atoms with Gasteiger partial charge in [0, 0.05) is 13.0 Å². The van der Waals surface area contributed by atoms with Gasteiger partial charge in [-0.15, -0.1) is 0 Å². The second kappa shape index (κ2) is 4.37. The fourth-order valence-electron chi connectivity index (χ4n) is 0.901. The Morgan fingerprint density at radius 1 is 1.38 bits per heavy atom. The molecule has 4 nitrogen and oxygen atoms in total. The van der Waals surface area contributed by atoms with Gasteiger partial charge in [0.1, 0.15) is 0 Å². The van der Waals surface area contributed by atoms with Crippen molar-refractivity contribution in [3.8, 4) is 0 Å². The molecule has 1 aromatic heterocycles. The maximum atomic E-state index is 4.86. The van der Waals surface area contributed by atoms with Gasteiger partial charge in [-0.1, -0.05) is 19.0 Å². The maximum Gasteiger partial charge on any atom is 0.223 e. The van der Waals surface area contributed by atoms with E-state index in [-0.39, 0.29) is 0 Å². The quantitative estimate of drug-likeness (QED) is 0.768. The average molecular weight is 183 g/mol. The first-order valence-electron chi connectivity index (χ1n) is 4.62. The molecule has 0 spiro atoms. The normalized spacial score (nSPS) is 13.6. The molecule has 0 bridgehead atoms. The first-order valence-corrected chi connectivity index (χ1v) is 4.62. The van der Waals surface area contributed by atoms with Crippen molar-refractivity contribution in [2.75, 3.05) is 0 Å². The second-order valence-corrected chi connectivity index (χ2v) is 3.64. The van der Waals surface area contributed by atoms with E-state index < -0.39 is 0 Å². The summed E-state index contributed by atoms with van der Waals surface area (Å²) in [6.45, 7) is 8.98. The molecule has 0 amide bonds. The molecule has 0 saturated carbocycles. The van der Waals surface area contributed by atoms with Crippen LogP contribution in [0, 0.1) is 12.8 Å². The summed E-state index contributed by atoms with van der Waals surface area (Å²) in [6.07, 6.45) is 0. The van der Waals surface area contributed by atoms with Crippen LogP contribution in [-0.4, -0.2) is 16.2 Å². The van der Waals surface area contributed by atoms with Crippen LogP contribution in [0.1, 0.15) is 32.5 Å². The van der Waals surface area contributed by atoms with Crippen LogP contribution in [0.25, 0.3) is 0 Å². The van der Waals surface area contributed by atoms with E-state index >= 15 is 0 Å². The molecule has 0 radical (unpaired) electrons. The fourth-order valence-corrected chi connectivity index (χ4v) is 0.901. The van der Waals surface area contributed by atoms with Gasteiger partial charge in [-0.2, -0.15) is 4.98 Å². The lowest BCUT2D eigenvalue weighted by atomic mass is 10.1. The third-order valence-corrected chi connectivity index (χ3v) is 2.15. The standard InChI is InChI=1S/C9H17N3O/c1-6(2)7(3)10-5-9-11-8(4)13-12-9/h6-7,10H,5H2,1-4H3. The zero-order valence-corrected chi connectivity index (χ0v) is 8.66. The molecule has 1 unspecified atom stereocenters. The van der Waals surface area contributed by atoms with E-state index in [0.717, 1.165) is 5.82 Å². The van der Waals surface area contributed by atoms with Crippen LogP contribution < -0.4 is 5.32 Å². The fraction of sp³-hybridized carbons (Fsp3) is 0.778. The lowest BCUT2D eigenvalue weighted by Crippen LogP contribution is -2.30. The first-order chi connectivity index (χ1) is 6.09. The van der Waals surface area contributed by atoms with E-state index in [2.05, 4.69) is 36.2 Å². The summed E-state index contributed by atoms with van der Waals surface area (Å²) in [5.41, 5.74) is 0. The summed E-state index contributed by atoms with van der Waals surface area (Å²) in [5.74, 6) is 1.96.